The van der Waals surface area contributed by atoms with Crippen molar-refractivity contribution >= 4 is 17.5 Å². The normalized spacial score (nSPS) is 25.2. The number of carbonyl (C=O) groups excluding carboxylic acids is 3. The molecule has 0 aromatic rings. The lowest BCUT2D eigenvalue weighted by molar-refractivity contribution is -0.163. The predicted octanol–water partition coefficient (Wildman–Crippen LogP) is 0.0774. The third kappa shape index (κ3) is 2.47. The Labute approximate surface area is 94.5 Å². The molecular weight excluding hydrogens is 210 g/mol. The van der Waals surface area contributed by atoms with E-state index in [9.17, 15) is 14.4 Å². The summed E-state index contributed by atoms with van der Waals surface area (Å²) < 4.78 is 4.92. The van der Waals surface area contributed by atoms with E-state index in [0.29, 0.717) is 13.0 Å². The van der Waals surface area contributed by atoms with Crippen molar-refractivity contribution in [3.8, 4) is 0 Å². The van der Waals surface area contributed by atoms with E-state index in [0.717, 1.165) is 0 Å². The second-order valence-corrected chi connectivity index (χ2v) is 4.03. The van der Waals surface area contributed by atoms with Crippen molar-refractivity contribution in [1.29, 1.82) is 0 Å². The molecule has 0 aromatic carbocycles. The number of hydrogen-bond donors (Lipinski definition) is 1. The van der Waals surface area contributed by atoms with Crippen molar-refractivity contribution < 1.29 is 19.1 Å². The molecule has 1 saturated heterocycles. The van der Waals surface area contributed by atoms with Crippen molar-refractivity contribution in [2.45, 2.75) is 26.7 Å². The molecule has 16 heavy (non-hydrogen) atoms. The van der Waals surface area contributed by atoms with E-state index >= 15 is 0 Å². The van der Waals surface area contributed by atoms with Crippen molar-refractivity contribution in [3.05, 3.63) is 0 Å². The largest absolute Gasteiger partial charge is 0.465 e. The van der Waals surface area contributed by atoms with Crippen LogP contribution in [0.15, 0.2) is 0 Å². The smallest absolute Gasteiger partial charge is 0.320 e. The van der Waals surface area contributed by atoms with Gasteiger partial charge in [-0.05, 0) is 26.8 Å². The Balaban J connectivity index is 2.94. The standard InChI is InChI=1S/C11H17NO4/c1-3-16-10(15)11(6-8(2)13)4-5-12-7-9(11)14/h12H,3-7H2,1-2H3. The van der Waals surface area contributed by atoms with Gasteiger partial charge >= 0.3 is 5.97 Å². The Hall–Kier alpha value is -1.23. The summed E-state index contributed by atoms with van der Waals surface area (Å²) in [5.74, 6) is -0.965. The van der Waals surface area contributed by atoms with Crippen LogP contribution in [0.1, 0.15) is 26.7 Å². The predicted molar refractivity (Wildman–Crippen MR) is 56.9 cm³/mol. The number of rotatable bonds is 4. The maximum atomic E-state index is 11.9. The summed E-state index contributed by atoms with van der Waals surface area (Å²) in [6.07, 6.45) is 0.288. The van der Waals surface area contributed by atoms with Crippen LogP contribution in [0.2, 0.25) is 0 Å². The maximum Gasteiger partial charge on any atom is 0.320 e. The van der Waals surface area contributed by atoms with Gasteiger partial charge in [0, 0.05) is 6.42 Å². The lowest BCUT2D eigenvalue weighted by Crippen LogP contribution is -2.52. The van der Waals surface area contributed by atoms with Crippen LogP contribution in [-0.4, -0.2) is 37.2 Å². The summed E-state index contributed by atoms with van der Waals surface area (Å²) in [5.41, 5.74) is -1.24. The highest BCUT2D eigenvalue weighted by molar-refractivity contribution is 6.08. The molecule has 1 fully saturated rings. The molecule has 1 atom stereocenters. The van der Waals surface area contributed by atoms with Crippen LogP contribution in [-0.2, 0) is 19.1 Å². The Morgan fingerprint density at radius 3 is 2.69 bits per heavy atom. The summed E-state index contributed by atoms with van der Waals surface area (Å²) in [6.45, 7) is 3.98. The molecule has 90 valence electrons. The maximum absolute atomic E-state index is 11.9. The minimum atomic E-state index is -1.24. The van der Waals surface area contributed by atoms with Crippen LogP contribution in [0.3, 0.4) is 0 Å². The number of ether oxygens (including phenoxy) is 1. The van der Waals surface area contributed by atoms with E-state index < -0.39 is 11.4 Å². The van der Waals surface area contributed by atoms with Crippen molar-refractivity contribution in [2.75, 3.05) is 19.7 Å². The monoisotopic (exact) mass is 227 g/mol. The van der Waals surface area contributed by atoms with Crippen molar-refractivity contribution in [2.24, 2.45) is 5.41 Å². The van der Waals surface area contributed by atoms with Crippen LogP contribution >= 0.6 is 0 Å². The molecule has 0 radical (unpaired) electrons. The molecule has 1 aliphatic rings. The second kappa shape index (κ2) is 5.21. The van der Waals surface area contributed by atoms with Gasteiger partial charge in [0.2, 0.25) is 0 Å². The van der Waals surface area contributed by atoms with Gasteiger partial charge in [-0.3, -0.25) is 14.4 Å². The molecule has 1 N–H and O–H groups in total. The summed E-state index contributed by atoms with van der Waals surface area (Å²) >= 11 is 0. The molecule has 0 saturated carbocycles. The van der Waals surface area contributed by atoms with Crippen LogP contribution in [0.25, 0.3) is 0 Å². The topological polar surface area (TPSA) is 72.5 Å². The second-order valence-electron chi connectivity index (χ2n) is 4.03. The molecule has 0 aliphatic carbocycles. The third-order valence-corrected chi connectivity index (χ3v) is 2.76. The lowest BCUT2D eigenvalue weighted by Gasteiger charge is -2.32. The van der Waals surface area contributed by atoms with E-state index in [4.69, 9.17) is 4.74 Å². The number of piperidine rings is 1. The van der Waals surface area contributed by atoms with Gasteiger partial charge in [0.05, 0.1) is 13.2 Å². The van der Waals surface area contributed by atoms with Crippen LogP contribution in [0, 0.1) is 5.41 Å². The lowest BCUT2D eigenvalue weighted by atomic mass is 9.74. The van der Waals surface area contributed by atoms with Crippen LogP contribution in [0.5, 0.6) is 0 Å². The highest BCUT2D eigenvalue weighted by Crippen LogP contribution is 2.31. The molecule has 5 nitrogen and oxygen atoms in total. The molecule has 5 heteroatoms. The number of carbonyl (C=O) groups is 3. The van der Waals surface area contributed by atoms with Gasteiger partial charge in [-0.25, -0.2) is 0 Å². The van der Waals surface area contributed by atoms with Crippen LogP contribution < -0.4 is 5.32 Å². The van der Waals surface area contributed by atoms with Gasteiger partial charge < -0.3 is 10.1 Å². The van der Waals surface area contributed by atoms with E-state index in [1.165, 1.54) is 6.92 Å². The van der Waals surface area contributed by atoms with Gasteiger partial charge in [-0.15, -0.1) is 0 Å². The summed E-state index contributed by atoms with van der Waals surface area (Å²) in [5, 5.41) is 2.89. The molecule has 0 bridgehead atoms. The van der Waals surface area contributed by atoms with E-state index in [-0.39, 0.29) is 31.1 Å². The van der Waals surface area contributed by atoms with Crippen molar-refractivity contribution in [1.82, 2.24) is 5.32 Å². The molecule has 1 unspecified atom stereocenters. The number of Topliss-reactive ketones (excluding diaryl/α,β-unsaturated/α-hetero) is 2. The summed E-state index contributed by atoms with van der Waals surface area (Å²) in [7, 11) is 0. The van der Waals surface area contributed by atoms with Gasteiger partial charge in [-0.2, -0.15) is 0 Å². The van der Waals surface area contributed by atoms with E-state index in [1.54, 1.807) is 6.92 Å². The zero-order valence-electron chi connectivity index (χ0n) is 9.67. The van der Waals surface area contributed by atoms with Gasteiger partial charge in [0.15, 0.2) is 5.78 Å². The molecule has 0 amide bonds. The highest BCUT2D eigenvalue weighted by atomic mass is 16.5. The average Bonchev–Trinajstić information content (AvgIpc) is 2.21. The Bertz CT molecular complexity index is 313. The van der Waals surface area contributed by atoms with E-state index in [2.05, 4.69) is 5.32 Å². The molecule has 1 heterocycles. The minimum absolute atomic E-state index is 0.0493. The highest BCUT2D eigenvalue weighted by Gasteiger charge is 2.48. The first-order valence-corrected chi connectivity index (χ1v) is 5.43. The summed E-state index contributed by atoms with van der Waals surface area (Å²) in [6, 6.07) is 0. The minimum Gasteiger partial charge on any atom is -0.465 e. The van der Waals surface area contributed by atoms with Gasteiger partial charge in [0.1, 0.15) is 11.2 Å². The Morgan fingerprint density at radius 2 is 2.19 bits per heavy atom. The van der Waals surface area contributed by atoms with E-state index in [1.807, 2.05) is 0 Å². The van der Waals surface area contributed by atoms with Gasteiger partial charge in [-0.1, -0.05) is 0 Å². The molecule has 0 spiro atoms. The number of esters is 1. The number of hydrogen-bond acceptors (Lipinski definition) is 5. The zero-order chi connectivity index (χ0) is 12.2. The van der Waals surface area contributed by atoms with Crippen molar-refractivity contribution in [3.63, 3.8) is 0 Å². The Kier molecular flexibility index (Phi) is 4.18. The fraction of sp³-hybridized carbons (Fsp3) is 0.727. The average molecular weight is 227 g/mol. The molecule has 0 aromatic heterocycles. The summed E-state index contributed by atoms with van der Waals surface area (Å²) in [4.78, 5) is 34.9. The fourth-order valence-corrected chi connectivity index (χ4v) is 1.98. The van der Waals surface area contributed by atoms with Gasteiger partial charge in [0.25, 0.3) is 0 Å². The fourth-order valence-electron chi connectivity index (χ4n) is 1.98. The first-order chi connectivity index (χ1) is 7.53. The number of nitrogens with one attached hydrogen (secondary N) is 1. The molecule has 1 rings (SSSR count). The Morgan fingerprint density at radius 1 is 1.50 bits per heavy atom. The number of ketones is 2. The SMILES string of the molecule is CCOC(=O)C1(CC(C)=O)CCNCC1=O. The quantitative estimate of drug-likeness (QED) is 0.544. The first kappa shape index (κ1) is 12.8. The van der Waals surface area contributed by atoms with Crippen LogP contribution in [0.4, 0.5) is 0 Å². The first-order valence-electron chi connectivity index (χ1n) is 5.43. The molecule has 1 aliphatic heterocycles. The molecular formula is C11H17NO4. The zero-order valence-corrected chi connectivity index (χ0v) is 9.67. The third-order valence-electron chi connectivity index (χ3n) is 2.76.